The molecule has 0 unspecified atom stereocenters. The van der Waals surface area contributed by atoms with Crippen molar-refractivity contribution in [3.63, 3.8) is 0 Å². The summed E-state index contributed by atoms with van der Waals surface area (Å²) in [5, 5.41) is 7.49. The Morgan fingerprint density at radius 1 is 0.233 bits per heavy atom. The smallest absolute Gasteiger partial charge is 0.0619 e. The van der Waals surface area contributed by atoms with Crippen LogP contribution in [0, 0.1) is 0 Å². The fourth-order valence-corrected chi connectivity index (χ4v) is 14.2. The number of fused-ring (bicyclic) bond motifs is 4. The van der Waals surface area contributed by atoms with Crippen LogP contribution in [0.15, 0.2) is 315 Å². The zero-order valence-electron chi connectivity index (χ0n) is 51.8. The van der Waals surface area contributed by atoms with Crippen LogP contribution in [0.2, 0.25) is 0 Å². The van der Waals surface area contributed by atoms with E-state index in [-0.39, 0.29) is 10.8 Å². The summed E-state index contributed by atoms with van der Waals surface area (Å²) < 4.78 is 5.10. The molecule has 15 rings (SSSR count). The van der Waals surface area contributed by atoms with E-state index in [0.29, 0.717) is 0 Å². The number of hydrogen-bond acceptors (Lipinski definition) is 2. The van der Waals surface area contributed by atoms with Crippen LogP contribution in [-0.2, 0) is 10.8 Å². The SMILES string of the molecule is CC(C)(C)c1c2cc3c(-c4ccccc4)c(-c4ccccc4)n(-c4ccc(N(c5ccccc5)c5ccccc5)cc4)c3cc2c(C(C)(C)C)c2cc3c(-c4ccccc4)c(-c4ccccc4)n(-c4ccc(N(c5ccccc5)c5ccccc5)cc4)c3cc12. The van der Waals surface area contributed by atoms with E-state index in [1.807, 2.05) is 0 Å². The molecular weight excluding hydrogens is 1090 g/mol. The van der Waals surface area contributed by atoms with E-state index in [2.05, 4.69) is 376 Å². The van der Waals surface area contributed by atoms with Crippen LogP contribution in [0.1, 0.15) is 52.7 Å². The van der Waals surface area contributed by atoms with Gasteiger partial charge >= 0.3 is 0 Å². The molecule has 0 N–H and O–H groups in total. The van der Waals surface area contributed by atoms with Gasteiger partial charge in [0.1, 0.15) is 0 Å². The van der Waals surface area contributed by atoms with Gasteiger partial charge in [-0.05, 0) is 187 Å². The molecule has 0 saturated heterocycles. The van der Waals surface area contributed by atoms with Crippen LogP contribution < -0.4 is 9.80 Å². The van der Waals surface area contributed by atoms with Crippen molar-refractivity contribution in [3.05, 3.63) is 327 Å². The number of hydrogen-bond donors (Lipinski definition) is 0. The predicted octanol–water partition coefficient (Wildman–Crippen LogP) is 24.1. The Hall–Kier alpha value is -10.9. The van der Waals surface area contributed by atoms with Gasteiger partial charge in [0.2, 0.25) is 0 Å². The lowest BCUT2D eigenvalue weighted by molar-refractivity contribution is 0.593. The lowest BCUT2D eigenvalue weighted by Gasteiger charge is -2.31. The van der Waals surface area contributed by atoms with Crippen LogP contribution >= 0.6 is 0 Å². The van der Waals surface area contributed by atoms with E-state index in [1.165, 1.54) is 65.7 Å². The third kappa shape index (κ3) is 9.82. The average Bonchev–Trinajstić information content (AvgIpc) is 1.39. The van der Waals surface area contributed by atoms with E-state index in [0.717, 1.165) is 79.0 Å². The molecule has 15 aromatic rings. The maximum atomic E-state index is 2.57. The molecule has 0 aliphatic carbocycles. The second-order valence-electron chi connectivity index (χ2n) is 25.7. The van der Waals surface area contributed by atoms with Gasteiger partial charge in [-0.15, -0.1) is 0 Å². The normalized spacial score (nSPS) is 11.9. The first kappa shape index (κ1) is 55.6. The predicted molar refractivity (Wildman–Crippen MR) is 384 cm³/mol. The molecule has 4 nitrogen and oxygen atoms in total. The molecule has 0 amide bonds. The molecular formula is C86H70N4. The minimum absolute atomic E-state index is 0.298. The monoisotopic (exact) mass is 1160 g/mol. The minimum Gasteiger partial charge on any atom is -0.311 e. The quantitative estimate of drug-likeness (QED) is 0.113. The summed E-state index contributed by atoms with van der Waals surface area (Å²) in [5.41, 5.74) is 22.5. The first-order chi connectivity index (χ1) is 44.0. The van der Waals surface area contributed by atoms with E-state index in [9.17, 15) is 0 Å². The number of rotatable bonds is 12. The van der Waals surface area contributed by atoms with Crippen molar-refractivity contribution in [3.8, 4) is 56.1 Å². The molecule has 2 heterocycles. The third-order valence-electron chi connectivity index (χ3n) is 17.8. The molecule has 2 aromatic heterocycles. The highest BCUT2D eigenvalue weighted by atomic mass is 15.1. The van der Waals surface area contributed by atoms with Gasteiger partial charge in [-0.1, -0.05) is 236 Å². The molecule has 0 saturated carbocycles. The van der Waals surface area contributed by atoms with Crippen molar-refractivity contribution in [2.45, 2.75) is 52.4 Å². The Morgan fingerprint density at radius 2 is 0.467 bits per heavy atom. The van der Waals surface area contributed by atoms with Gasteiger partial charge in [0.25, 0.3) is 0 Å². The zero-order chi connectivity index (χ0) is 61.1. The molecule has 90 heavy (non-hydrogen) atoms. The Kier molecular flexibility index (Phi) is 14.0. The van der Waals surface area contributed by atoms with Crippen LogP contribution in [-0.4, -0.2) is 9.13 Å². The maximum Gasteiger partial charge on any atom is 0.0619 e. The third-order valence-corrected chi connectivity index (χ3v) is 17.8. The van der Waals surface area contributed by atoms with Crippen molar-refractivity contribution in [1.82, 2.24) is 9.13 Å². The molecule has 0 radical (unpaired) electrons. The van der Waals surface area contributed by atoms with Gasteiger partial charge < -0.3 is 18.9 Å². The van der Waals surface area contributed by atoms with Gasteiger partial charge in [-0.2, -0.15) is 0 Å². The van der Waals surface area contributed by atoms with Crippen LogP contribution in [0.4, 0.5) is 34.1 Å². The minimum atomic E-state index is -0.298. The second kappa shape index (κ2) is 22.6. The molecule has 0 fully saturated rings. The molecule has 13 aromatic carbocycles. The average molecular weight is 1160 g/mol. The van der Waals surface area contributed by atoms with Gasteiger partial charge in [0.15, 0.2) is 0 Å². The Labute approximate surface area is 528 Å². The zero-order valence-corrected chi connectivity index (χ0v) is 51.8. The summed E-state index contributed by atoms with van der Waals surface area (Å²) in [4.78, 5) is 4.68. The molecule has 0 aliphatic rings. The van der Waals surface area contributed by atoms with Crippen LogP contribution in [0.3, 0.4) is 0 Å². The topological polar surface area (TPSA) is 16.3 Å². The van der Waals surface area contributed by atoms with Crippen molar-refractivity contribution in [1.29, 1.82) is 0 Å². The van der Waals surface area contributed by atoms with Crippen molar-refractivity contribution in [2.75, 3.05) is 9.80 Å². The summed E-state index contributed by atoms with van der Waals surface area (Å²) >= 11 is 0. The Bertz CT molecular complexity index is 4640. The van der Waals surface area contributed by atoms with Crippen LogP contribution in [0.25, 0.3) is 99.5 Å². The van der Waals surface area contributed by atoms with Crippen molar-refractivity contribution < 1.29 is 0 Å². The van der Waals surface area contributed by atoms with E-state index >= 15 is 0 Å². The molecule has 0 atom stereocenters. The highest BCUT2D eigenvalue weighted by Gasteiger charge is 2.33. The van der Waals surface area contributed by atoms with Crippen molar-refractivity contribution >= 4 is 77.5 Å². The summed E-state index contributed by atoms with van der Waals surface area (Å²) in [6.45, 7) is 14.5. The summed E-state index contributed by atoms with van der Waals surface area (Å²) in [5.74, 6) is 0. The largest absolute Gasteiger partial charge is 0.311 e. The Morgan fingerprint density at radius 3 is 0.733 bits per heavy atom. The molecule has 0 spiro atoms. The van der Waals surface area contributed by atoms with Gasteiger partial charge in [0, 0.05) is 67.4 Å². The van der Waals surface area contributed by atoms with Crippen LogP contribution in [0.5, 0.6) is 0 Å². The Balaban J connectivity index is 1.05. The van der Waals surface area contributed by atoms with Crippen molar-refractivity contribution in [2.24, 2.45) is 0 Å². The van der Waals surface area contributed by atoms with Gasteiger partial charge in [-0.3, -0.25) is 0 Å². The number of aromatic nitrogens is 2. The molecule has 4 heteroatoms. The number of benzene rings is 13. The lowest BCUT2D eigenvalue weighted by atomic mass is 9.73. The highest BCUT2D eigenvalue weighted by molar-refractivity contribution is 6.19. The highest BCUT2D eigenvalue weighted by Crippen LogP contribution is 2.53. The van der Waals surface area contributed by atoms with Gasteiger partial charge in [-0.25, -0.2) is 0 Å². The van der Waals surface area contributed by atoms with E-state index < -0.39 is 0 Å². The summed E-state index contributed by atoms with van der Waals surface area (Å²) in [6, 6.07) is 116. The molecule has 434 valence electrons. The van der Waals surface area contributed by atoms with Gasteiger partial charge in [0.05, 0.1) is 22.4 Å². The number of para-hydroxylation sites is 4. The molecule has 0 aliphatic heterocycles. The lowest BCUT2D eigenvalue weighted by Crippen LogP contribution is -2.18. The first-order valence-electron chi connectivity index (χ1n) is 31.4. The molecule has 0 bridgehead atoms. The summed E-state index contributed by atoms with van der Waals surface area (Å²) in [6.07, 6.45) is 0. The number of nitrogens with zero attached hydrogens (tertiary/aromatic N) is 4. The van der Waals surface area contributed by atoms with E-state index in [4.69, 9.17) is 0 Å². The maximum absolute atomic E-state index is 2.57. The fraction of sp³-hybridized carbons (Fsp3) is 0.0930. The van der Waals surface area contributed by atoms with E-state index in [1.54, 1.807) is 0 Å². The fourth-order valence-electron chi connectivity index (χ4n) is 14.2. The summed E-state index contributed by atoms with van der Waals surface area (Å²) in [7, 11) is 0. The second-order valence-corrected chi connectivity index (χ2v) is 25.7. The first-order valence-corrected chi connectivity index (χ1v) is 31.4. The number of anilines is 6. The standard InChI is InChI=1S/C86H70N4/c1-85(2,3)81-71-55-75-78(90(83(61-35-19-9-20-36-61)79(75)59-31-15-7-16-32-59)70-53-49-68(50-54-70)88(65-43-27-13-28-44-65)66-45-29-14-30-46-66)58-74(71)82(86(4,5)6)72-56-76-77(57-73(72)81)89(84(62-37-21-10-22-38-62)80(76)60-33-17-8-18-34-60)69-51-47-67(48-52-69)87(63-39-23-11-24-40-63)64-41-25-12-26-42-64/h7-58H,1-6H3.